The van der Waals surface area contributed by atoms with Crippen molar-refractivity contribution in [1.82, 2.24) is 0 Å². The highest BCUT2D eigenvalue weighted by atomic mass is 32.1. The van der Waals surface area contributed by atoms with E-state index in [0.717, 1.165) is 12.1 Å². The molecule has 2 aromatic carbocycles. The maximum atomic E-state index is 12.5. The molecule has 22 heavy (non-hydrogen) atoms. The molecule has 2 N–H and O–H groups in total. The van der Waals surface area contributed by atoms with E-state index in [0.29, 0.717) is 17.1 Å². The van der Waals surface area contributed by atoms with E-state index in [1.165, 1.54) is 19.2 Å². The van der Waals surface area contributed by atoms with Crippen molar-refractivity contribution < 1.29 is 17.9 Å². The van der Waals surface area contributed by atoms with Gasteiger partial charge in [0, 0.05) is 5.69 Å². The van der Waals surface area contributed by atoms with Crippen molar-refractivity contribution in [2.24, 2.45) is 0 Å². The molecule has 0 radical (unpaired) electrons. The van der Waals surface area contributed by atoms with Crippen LogP contribution in [0, 0.1) is 0 Å². The molecule has 2 rings (SSSR count). The van der Waals surface area contributed by atoms with Crippen LogP contribution in [0.2, 0.25) is 0 Å². The van der Waals surface area contributed by atoms with Crippen molar-refractivity contribution in [3.8, 4) is 5.75 Å². The highest BCUT2D eigenvalue weighted by Crippen LogP contribution is 2.30. The normalized spacial score (nSPS) is 10.9. The minimum Gasteiger partial charge on any atom is -0.495 e. The quantitative estimate of drug-likeness (QED) is 0.812. The number of hydrogen-bond donors (Lipinski definition) is 2. The average Bonchev–Trinajstić information content (AvgIpc) is 2.47. The Morgan fingerprint density at radius 3 is 2.23 bits per heavy atom. The fourth-order valence-corrected chi connectivity index (χ4v) is 2.00. The van der Waals surface area contributed by atoms with Crippen LogP contribution in [0.3, 0.4) is 0 Å². The van der Waals surface area contributed by atoms with Gasteiger partial charge in [-0.2, -0.15) is 13.2 Å². The van der Waals surface area contributed by atoms with Crippen LogP contribution in [0.4, 0.5) is 24.5 Å². The first-order valence-electron chi connectivity index (χ1n) is 6.28. The number of halogens is 3. The van der Waals surface area contributed by atoms with E-state index < -0.39 is 11.7 Å². The third-order valence-corrected chi connectivity index (χ3v) is 3.03. The molecule has 0 aliphatic heterocycles. The third kappa shape index (κ3) is 4.11. The Balaban J connectivity index is 2.03. The molecule has 0 aromatic heterocycles. The van der Waals surface area contributed by atoms with Gasteiger partial charge >= 0.3 is 6.18 Å². The molecular formula is C15H13F3N2OS. The van der Waals surface area contributed by atoms with Crippen LogP contribution in [-0.4, -0.2) is 12.2 Å². The van der Waals surface area contributed by atoms with Gasteiger partial charge in [-0.25, -0.2) is 0 Å². The summed E-state index contributed by atoms with van der Waals surface area (Å²) in [6.07, 6.45) is -4.35. The minimum absolute atomic E-state index is 0.254. The second-order valence-corrected chi connectivity index (χ2v) is 4.76. The molecule has 2 aromatic rings. The van der Waals surface area contributed by atoms with E-state index in [-0.39, 0.29) is 5.11 Å². The summed E-state index contributed by atoms with van der Waals surface area (Å²) in [5.74, 6) is 0.610. The van der Waals surface area contributed by atoms with Crippen molar-refractivity contribution in [3.63, 3.8) is 0 Å². The highest BCUT2D eigenvalue weighted by molar-refractivity contribution is 7.80. The van der Waals surface area contributed by atoms with E-state index in [1.807, 2.05) is 12.1 Å². The lowest BCUT2D eigenvalue weighted by Gasteiger charge is -2.14. The van der Waals surface area contributed by atoms with Crippen LogP contribution >= 0.6 is 12.2 Å². The minimum atomic E-state index is -4.35. The van der Waals surface area contributed by atoms with Gasteiger partial charge in [0.05, 0.1) is 18.4 Å². The summed E-state index contributed by atoms with van der Waals surface area (Å²) in [7, 11) is 1.53. The molecule has 0 unspecified atom stereocenters. The Kier molecular flexibility index (Phi) is 4.87. The molecule has 0 aliphatic carbocycles. The molecule has 0 saturated carbocycles. The van der Waals surface area contributed by atoms with Crippen molar-refractivity contribution in [2.45, 2.75) is 6.18 Å². The monoisotopic (exact) mass is 326 g/mol. The van der Waals surface area contributed by atoms with Gasteiger partial charge in [-0.05, 0) is 48.6 Å². The largest absolute Gasteiger partial charge is 0.495 e. The number of para-hydroxylation sites is 2. The van der Waals surface area contributed by atoms with Crippen LogP contribution in [0.15, 0.2) is 48.5 Å². The lowest BCUT2D eigenvalue weighted by Crippen LogP contribution is -2.19. The molecule has 7 heteroatoms. The number of methoxy groups -OCH3 is 1. The molecule has 0 atom stereocenters. The molecule has 0 spiro atoms. The Bertz CT molecular complexity index is 657. The van der Waals surface area contributed by atoms with Crippen LogP contribution in [0.5, 0.6) is 5.75 Å². The van der Waals surface area contributed by atoms with Gasteiger partial charge in [-0.15, -0.1) is 0 Å². The predicted molar refractivity (Wildman–Crippen MR) is 84.3 cm³/mol. The fourth-order valence-electron chi connectivity index (χ4n) is 1.78. The Labute approximate surface area is 131 Å². The van der Waals surface area contributed by atoms with Crippen molar-refractivity contribution >= 4 is 28.7 Å². The van der Waals surface area contributed by atoms with Crippen molar-refractivity contribution in [2.75, 3.05) is 17.7 Å². The Hall–Kier alpha value is -2.28. The van der Waals surface area contributed by atoms with Gasteiger partial charge in [0.2, 0.25) is 0 Å². The second-order valence-electron chi connectivity index (χ2n) is 4.35. The molecule has 0 bridgehead atoms. The van der Waals surface area contributed by atoms with E-state index in [2.05, 4.69) is 10.6 Å². The number of alkyl halides is 3. The van der Waals surface area contributed by atoms with Gasteiger partial charge in [0.15, 0.2) is 5.11 Å². The van der Waals surface area contributed by atoms with Crippen LogP contribution in [0.1, 0.15) is 5.56 Å². The molecule has 0 fully saturated rings. The van der Waals surface area contributed by atoms with Crippen molar-refractivity contribution in [1.29, 1.82) is 0 Å². The van der Waals surface area contributed by atoms with E-state index in [4.69, 9.17) is 17.0 Å². The van der Waals surface area contributed by atoms with Gasteiger partial charge < -0.3 is 15.4 Å². The molecule has 0 aliphatic rings. The molecular weight excluding hydrogens is 313 g/mol. The van der Waals surface area contributed by atoms with E-state index >= 15 is 0 Å². The molecule has 0 amide bonds. The number of hydrogen-bond acceptors (Lipinski definition) is 2. The number of nitrogens with one attached hydrogen (secondary N) is 2. The molecule has 116 valence electrons. The maximum absolute atomic E-state index is 12.5. The van der Waals surface area contributed by atoms with Crippen LogP contribution in [-0.2, 0) is 6.18 Å². The third-order valence-electron chi connectivity index (χ3n) is 2.83. The zero-order chi connectivity index (χ0) is 16.2. The average molecular weight is 326 g/mol. The summed E-state index contributed by atoms with van der Waals surface area (Å²) in [5, 5.41) is 6.00. The summed E-state index contributed by atoms with van der Waals surface area (Å²) < 4.78 is 42.6. The molecule has 3 nitrogen and oxygen atoms in total. The van der Waals surface area contributed by atoms with Gasteiger partial charge in [-0.3, -0.25) is 0 Å². The first-order valence-corrected chi connectivity index (χ1v) is 6.69. The number of thiocarbonyl (C=S) groups is 1. The fraction of sp³-hybridized carbons (Fsp3) is 0.133. The zero-order valence-corrected chi connectivity index (χ0v) is 12.4. The van der Waals surface area contributed by atoms with E-state index in [1.54, 1.807) is 12.1 Å². The standard InChI is InChI=1S/C15H13F3N2OS/c1-21-13-5-3-2-4-12(13)20-14(22)19-11-8-6-10(7-9-11)15(16,17)18/h2-9H,1H3,(H2,19,20,22). The SMILES string of the molecule is COc1ccccc1NC(=S)Nc1ccc(C(F)(F)F)cc1. The topological polar surface area (TPSA) is 33.3 Å². The van der Waals surface area contributed by atoms with Crippen LogP contribution < -0.4 is 15.4 Å². The lowest BCUT2D eigenvalue weighted by atomic mass is 10.2. The maximum Gasteiger partial charge on any atom is 0.416 e. The predicted octanol–water partition coefficient (Wildman–Crippen LogP) is 4.52. The number of benzene rings is 2. The van der Waals surface area contributed by atoms with Gasteiger partial charge in [0.25, 0.3) is 0 Å². The molecule has 0 saturated heterocycles. The highest BCUT2D eigenvalue weighted by Gasteiger charge is 2.29. The first-order chi connectivity index (χ1) is 10.4. The first kappa shape index (κ1) is 16.1. The number of anilines is 2. The van der Waals surface area contributed by atoms with Gasteiger partial charge in [0.1, 0.15) is 5.75 Å². The van der Waals surface area contributed by atoms with Crippen LogP contribution in [0.25, 0.3) is 0 Å². The Morgan fingerprint density at radius 2 is 1.64 bits per heavy atom. The summed E-state index contributed by atoms with van der Waals surface area (Å²) in [4.78, 5) is 0. The summed E-state index contributed by atoms with van der Waals surface area (Å²) in [6.45, 7) is 0. The zero-order valence-electron chi connectivity index (χ0n) is 11.6. The number of rotatable bonds is 3. The second kappa shape index (κ2) is 6.65. The summed E-state index contributed by atoms with van der Waals surface area (Å²) in [6, 6.07) is 11.8. The van der Waals surface area contributed by atoms with E-state index in [9.17, 15) is 13.2 Å². The molecule has 0 heterocycles. The number of ether oxygens (including phenoxy) is 1. The van der Waals surface area contributed by atoms with Gasteiger partial charge in [-0.1, -0.05) is 12.1 Å². The summed E-state index contributed by atoms with van der Waals surface area (Å²) >= 11 is 5.13. The summed E-state index contributed by atoms with van der Waals surface area (Å²) in [5.41, 5.74) is 0.413. The lowest BCUT2D eigenvalue weighted by molar-refractivity contribution is -0.137. The smallest absolute Gasteiger partial charge is 0.416 e. The van der Waals surface area contributed by atoms with Crippen molar-refractivity contribution in [3.05, 3.63) is 54.1 Å². The Morgan fingerprint density at radius 1 is 1.00 bits per heavy atom.